The average Bonchev–Trinajstić information content (AvgIpc) is 3.37. The van der Waals surface area contributed by atoms with Crippen LogP contribution in [0.15, 0.2) is 18.5 Å². The molecule has 1 atom stereocenters. The zero-order valence-electron chi connectivity index (χ0n) is 13.3. The summed E-state index contributed by atoms with van der Waals surface area (Å²) in [5, 5.41) is 0. The predicted octanol–water partition coefficient (Wildman–Crippen LogP) is 1.81. The zero-order chi connectivity index (χ0) is 14.8. The first kappa shape index (κ1) is 14.4. The average molecular weight is 302 g/mol. The van der Waals surface area contributed by atoms with Crippen molar-refractivity contribution in [2.24, 2.45) is 11.3 Å². The van der Waals surface area contributed by atoms with Crippen molar-refractivity contribution in [2.45, 2.75) is 25.7 Å². The van der Waals surface area contributed by atoms with Crippen LogP contribution in [0.3, 0.4) is 0 Å². The maximum Gasteiger partial charge on any atom is 0.225 e. The van der Waals surface area contributed by atoms with Crippen molar-refractivity contribution in [3.05, 3.63) is 18.5 Å². The Balaban J connectivity index is 1.49. The lowest BCUT2D eigenvalue weighted by Gasteiger charge is -2.43. The van der Waals surface area contributed by atoms with Crippen LogP contribution in [0.25, 0.3) is 0 Å². The van der Waals surface area contributed by atoms with Crippen LogP contribution < -0.4 is 4.90 Å². The summed E-state index contributed by atoms with van der Waals surface area (Å²) in [7, 11) is 0. The number of hydrogen-bond donors (Lipinski definition) is 0. The van der Waals surface area contributed by atoms with Gasteiger partial charge in [-0.2, -0.15) is 0 Å². The van der Waals surface area contributed by atoms with E-state index in [1.165, 1.54) is 45.3 Å². The maximum absolute atomic E-state index is 5.98. The van der Waals surface area contributed by atoms with Gasteiger partial charge in [0, 0.05) is 44.0 Å². The van der Waals surface area contributed by atoms with Gasteiger partial charge >= 0.3 is 0 Å². The first-order chi connectivity index (χ1) is 10.8. The summed E-state index contributed by atoms with van der Waals surface area (Å²) in [6, 6.07) is 1.88. The van der Waals surface area contributed by atoms with Crippen molar-refractivity contribution < 1.29 is 4.74 Å². The monoisotopic (exact) mass is 302 g/mol. The Morgan fingerprint density at radius 1 is 1.18 bits per heavy atom. The van der Waals surface area contributed by atoms with E-state index in [-0.39, 0.29) is 5.41 Å². The second-order valence-corrected chi connectivity index (χ2v) is 7.30. The lowest BCUT2D eigenvalue weighted by molar-refractivity contribution is 0.0119. The van der Waals surface area contributed by atoms with Gasteiger partial charge in [-0.05, 0) is 44.2 Å². The summed E-state index contributed by atoms with van der Waals surface area (Å²) in [5.41, 5.74) is 0.253. The smallest absolute Gasteiger partial charge is 0.225 e. The van der Waals surface area contributed by atoms with Crippen LogP contribution in [0, 0.1) is 11.3 Å². The van der Waals surface area contributed by atoms with Crippen LogP contribution in [-0.4, -0.2) is 60.8 Å². The number of aromatic nitrogens is 2. The van der Waals surface area contributed by atoms with Crippen LogP contribution in [-0.2, 0) is 4.74 Å². The molecule has 1 spiro atoms. The number of piperidine rings is 1. The molecular weight excluding hydrogens is 276 g/mol. The molecular formula is C17H26N4O. The number of likely N-dealkylation sites (tertiary alicyclic amines) is 1. The molecule has 5 heteroatoms. The van der Waals surface area contributed by atoms with Crippen molar-refractivity contribution in [1.82, 2.24) is 14.9 Å². The highest BCUT2D eigenvalue weighted by atomic mass is 16.5. The van der Waals surface area contributed by atoms with Crippen molar-refractivity contribution in [3.8, 4) is 0 Å². The Hall–Kier alpha value is -1.20. The standard InChI is InChI=1S/C17H26N4O/c1-5-17(12-20(8-1)11-15-3-4-15)13-21(9-10-22-14-17)16-18-6-2-7-19-16/h2,6-7,15H,1,3-5,8-14H2/t17-/m0/s1. The van der Waals surface area contributed by atoms with E-state index >= 15 is 0 Å². The van der Waals surface area contributed by atoms with Gasteiger partial charge in [0.1, 0.15) is 0 Å². The molecule has 2 aliphatic heterocycles. The highest BCUT2D eigenvalue weighted by Crippen LogP contribution is 2.36. The van der Waals surface area contributed by atoms with Crippen molar-refractivity contribution in [2.75, 3.05) is 50.8 Å². The Labute approximate surface area is 132 Å². The molecule has 1 aromatic heterocycles. The molecule has 1 aromatic rings. The first-order valence-corrected chi connectivity index (χ1v) is 8.65. The lowest BCUT2D eigenvalue weighted by atomic mass is 9.80. The molecule has 3 heterocycles. The van der Waals surface area contributed by atoms with Gasteiger partial charge in [-0.25, -0.2) is 9.97 Å². The van der Waals surface area contributed by atoms with E-state index in [0.29, 0.717) is 0 Å². The van der Waals surface area contributed by atoms with Crippen LogP contribution in [0.5, 0.6) is 0 Å². The Kier molecular flexibility index (Phi) is 4.01. The predicted molar refractivity (Wildman–Crippen MR) is 85.9 cm³/mol. The van der Waals surface area contributed by atoms with Crippen LogP contribution in [0.2, 0.25) is 0 Å². The third-order valence-electron chi connectivity index (χ3n) is 5.23. The molecule has 1 aliphatic carbocycles. The lowest BCUT2D eigenvalue weighted by Crippen LogP contribution is -2.51. The Morgan fingerprint density at radius 3 is 2.86 bits per heavy atom. The maximum atomic E-state index is 5.98. The zero-order valence-corrected chi connectivity index (χ0v) is 13.3. The van der Waals surface area contributed by atoms with Crippen molar-refractivity contribution in [3.63, 3.8) is 0 Å². The van der Waals surface area contributed by atoms with E-state index in [1.54, 1.807) is 0 Å². The number of anilines is 1. The van der Waals surface area contributed by atoms with Crippen LogP contribution in [0.1, 0.15) is 25.7 Å². The van der Waals surface area contributed by atoms with E-state index in [0.717, 1.165) is 38.2 Å². The van der Waals surface area contributed by atoms with E-state index < -0.39 is 0 Å². The first-order valence-electron chi connectivity index (χ1n) is 8.65. The molecule has 1 saturated carbocycles. The normalized spacial score (nSPS) is 30.5. The molecule has 3 fully saturated rings. The molecule has 4 rings (SSSR count). The fourth-order valence-electron chi connectivity index (χ4n) is 4.00. The largest absolute Gasteiger partial charge is 0.379 e. The van der Waals surface area contributed by atoms with Crippen molar-refractivity contribution in [1.29, 1.82) is 0 Å². The van der Waals surface area contributed by atoms with E-state index in [2.05, 4.69) is 19.8 Å². The molecule has 2 saturated heterocycles. The van der Waals surface area contributed by atoms with Gasteiger partial charge in [0.2, 0.25) is 5.95 Å². The molecule has 5 nitrogen and oxygen atoms in total. The quantitative estimate of drug-likeness (QED) is 0.852. The molecule has 3 aliphatic rings. The minimum Gasteiger partial charge on any atom is -0.379 e. The highest BCUT2D eigenvalue weighted by molar-refractivity contribution is 5.29. The van der Waals surface area contributed by atoms with E-state index in [1.807, 2.05) is 18.5 Å². The SMILES string of the molecule is c1cnc(N2CCOC[C@]3(CCCN(CC4CC4)C3)C2)nc1. The van der Waals surface area contributed by atoms with Gasteiger partial charge < -0.3 is 14.5 Å². The van der Waals surface area contributed by atoms with Gasteiger partial charge in [0.15, 0.2) is 0 Å². The fourth-order valence-corrected chi connectivity index (χ4v) is 4.00. The molecule has 0 aromatic carbocycles. The second-order valence-electron chi connectivity index (χ2n) is 7.30. The van der Waals surface area contributed by atoms with Crippen molar-refractivity contribution >= 4 is 5.95 Å². The van der Waals surface area contributed by atoms with Gasteiger partial charge in [-0.1, -0.05) is 0 Å². The topological polar surface area (TPSA) is 41.5 Å². The minimum absolute atomic E-state index is 0.253. The third kappa shape index (κ3) is 3.25. The summed E-state index contributed by atoms with van der Waals surface area (Å²) < 4.78 is 5.98. The summed E-state index contributed by atoms with van der Waals surface area (Å²) >= 11 is 0. The van der Waals surface area contributed by atoms with Crippen LogP contribution in [0.4, 0.5) is 5.95 Å². The van der Waals surface area contributed by atoms with Gasteiger partial charge in [0.25, 0.3) is 0 Å². The molecule has 22 heavy (non-hydrogen) atoms. The van der Waals surface area contributed by atoms with Gasteiger partial charge in [-0.3, -0.25) is 0 Å². The number of ether oxygens (including phenoxy) is 1. The molecule has 0 radical (unpaired) electrons. The Bertz CT molecular complexity index is 493. The number of hydrogen-bond acceptors (Lipinski definition) is 5. The molecule has 0 N–H and O–H groups in total. The summed E-state index contributed by atoms with van der Waals surface area (Å²) in [4.78, 5) is 13.9. The van der Waals surface area contributed by atoms with Crippen LogP contribution >= 0.6 is 0 Å². The van der Waals surface area contributed by atoms with Gasteiger partial charge in [-0.15, -0.1) is 0 Å². The molecule has 120 valence electrons. The van der Waals surface area contributed by atoms with E-state index in [4.69, 9.17) is 4.74 Å². The highest BCUT2D eigenvalue weighted by Gasteiger charge is 2.40. The summed E-state index contributed by atoms with van der Waals surface area (Å²) in [5.74, 6) is 1.82. The molecule has 0 unspecified atom stereocenters. The van der Waals surface area contributed by atoms with Gasteiger partial charge in [0.05, 0.1) is 13.2 Å². The number of rotatable bonds is 3. The Morgan fingerprint density at radius 2 is 2.05 bits per heavy atom. The van der Waals surface area contributed by atoms with E-state index in [9.17, 15) is 0 Å². The molecule has 0 bridgehead atoms. The minimum atomic E-state index is 0.253. The second kappa shape index (κ2) is 6.13. The summed E-state index contributed by atoms with van der Waals surface area (Å²) in [6.45, 7) is 7.32. The number of nitrogens with zero attached hydrogens (tertiary/aromatic N) is 4. The molecule has 0 amide bonds. The summed E-state index contributed by atoms with van der Waals surface area (Å²) in [6.07, 6.45) is 9.09. The third-order valence-corrected chi connectivity index (χ3v) is 5.23. The fraction of sp³-hybridized carbons (Fsp3) is 0.765.